The van der Waals surface area contributed by atoms with Gasteiger partial charge in [-0.2, -0.15) is 0 Å². The van der Waals surface area contributed by atoms with Crippen molar-refractivity contribution in [3.8, 4) is 33.6 Å². The van der Waals surface area contributed by atoms with E-state index >= 15 is 0 Å². The van der Waals surface area contributed by atoms with Crippen LogP contribution in [0.3, 0.4) is 0 Å². The molecule has 0 aliphatic rings. The Balaban J connectivity index is 0.000000170. The number of benzene rings is 4. The van der Waals surface area contributed by atoms with Crippen molar-refractivity contribution in [2.24, 2.45) is 5.73 Å². The highest BCUT2D eigenvalue weighted by atomic mass is 19.3. The summed E-state index contributed by atoms with van der Waals surface area (Å²) in [4.78, 5) is 48.3. The lowest BCUT2D eigenvalue weighted by molar-refractivity contribution is 0.0698. The first kappa shape index (κ1) is 44.5. The summed E-state index contributed by atoms with van der Waals surface area (Å²) in [5, 5.41) is 9.65. The number of hydrogen-bond acceptors (Lipinski definition) is 8. The topological polar surface area (TPSA) is 168 Å². The summed E-state index contributed by atoms with van der Waals surface area (Å²) in [7, 11) is 0. The third kappa shape index (κ3) is 7.73. The monoisotopic (exact) mass is 931 g/mol. The molecular weight excluding hydrogens is 903 g/mol. The van der Waals surface area contributed by atoms with Crippen LogP contribution < -0.4 is 5.73 Å². The zero-order valence-electron chi connectivity index (χ0n) is 35.0. The van der Waals surface area contributed by atoms with Crippen LogP contribution in [0, 0.1) is 37.1 Å². The van der Waals surface area contributed by atoms with E-state index in [0.29, 0.717) is 39.4 Å². The van der Waals surface area contributed by atoms with E-state index in [1.165, 1.54) is 77.9 Å². The number of rotatable bonds is 8. The van der Waals surface area contributed by atoms with Crippen LogP contribution in [0.4, 0.5) is 35.1 Å². The summed E-state index contributed by atoms with van der Waals surface area (Å²) < 4.78 is 114. The molecule has 0 bridgehead atoms. The lowest BCUT2D eigenvalue weighted by Crippen LogP contribution is -2.12. The van der Waals surface area contributed by atoms with E-state index in [0.717, 1.165) is 24.3 Å². The SMILES string of the molecule is Cc1nc2c(C(=O)O)cc(-c3ccnc(C(F)F)c3)cc2n1-c1ccnc2c(F)ccc(F)c12.Cc1nc2c(C(N)=O)cc(-c3ccnc(C(F)F)c3)cc2n1-c1ccnc2c(F)ccc(F)c12. The van der Waals surface area contributed by atoms with E-state index in [1.807, 2.05) is 0 Å². The Hall–Kier alpha value is -8.68. The molecule has 6 heterocycles. The number of pyridine rings is 4. The Kier molecular flexibility index (Phi) is 11.3. The highest BCUT2D eigenvalue weighted by Gasteiger charge is 2.24. The van der Waals surface area contributed by atoms with E-state index in [1.54, 1.807) is 30.5 Å². The maximum absolute atomic E-state index is 14.8. The average molecular weight is 932 g/mol. The summed E-state index contributed by atoms with van der Waals surface area (Å²) in [6, 6.07) is 18.2. The van der Waals surface area contributed by atoms with Crippen LogP contribution in [0.1, 0.15) is 56.6 Å². The second-order valence-corrected chi connectivity index (χ2v) is 15.1. The Morgan fingerprint density at radius 1 is 0.515 bits per heavy atom. The van der Waals surface area contributed by atoms with Gasteiger partial charge in [-0.15, -0.1) is 0 Å². The Morgan fingerprint density at radius 3 is 1.32 bits per heavy atom. The van der Waals surface area contributed by atoms with Crippen molar-refractivity contribution in [3.05, 3.63) is 167 Å². The predicted molar refractivity (Wildman–Crippen MR) is 234 cm³/mol. The summed E-state index contributed by atoms with van der Waals surface area (Å²) in [6.07, 6.45) is -0.502. The molecule has 0 atom stereocenters. The first-order valence-electron chi connectivity index (χ1n) is 20.1. The highest BCUT2D eigenvalue weighted by molar-refractivity contribution is 6.07. The number of nitrogens with two attached hydrogens (primary N) is 1. The fraction of sp³-hybridized carbons (Fsp3) is 0.0833. The van der Waals surface area contributed by atoms with Crippen LogP contribution in [-0.2, 0) is 0 Å². The first-order chi connectivity index (χ1) is 32.5. The van der Waals surface area contributed by atoms with E-state index in [2.05, 4.69) is 29.9 Å². The maximum Gasteiger partial charge on any atom is 0.337 e. The number of fused-ring (bicyclic) bond motifs is 4. The molecule has 10 rings (SSSR count). The van der Waals surface area contributed by atoms with E-state index in [4.69, 9.17) is 5.73 Å². The van der Waals surface area contributed by atoms with Gasteiger partial charge in [0.1, 0.15) is 68.4 Å². The molecule has 0 saturated heterocycles. The molecule has 12 nitrogen and oxygen atoms in total. The minimum atomic E-state index is -2.81. The Labute approximate surface area is 377 Å². The van der Waals surface area contributed by atoms with E-state index < -0.39 is 59.4 Å². The van der Waals surface area contributed by atoms with Crippen molar-refractivity contribution >= 4 is 55.7 Å². The summed E-state index contributed by atoms with van der Waals surface area (Å²) in [6.45, 7) is 3.23. The molecule has 0 fully saturated rings. The molecule has 4 aromatic carbocycles. The van der Waals surface area contributed by atoms with Crippen molar-refractivity contribution in [2.75, 3.05) is 0 Å². The number of nitrogens with zero attached hydrogens (tertiary/aromatic N) is 8. The Bertz CT molecular complexity index is 3470. The molecule has 20 heteroatoms. The zero-order chi connectivity index (χ0) is 48.3. The third-order valence-corrected chi connectivity index (χ3v) is 11.0. The minimum absolute atomic E-state index is 0.0507. The van der Waals surface area contributed by atoms with Crippen molar-refractivity contribution in [3.63, 3.8) is 0 Å². The van der Waals surface area contributed by atoms with Gasteiger partial charge in [0, 0.05) is 24.8 Å². The molecule has 340 valence electrons. The number of aromatic carboxylic acids is 1. The molecule has 0 unspecified atom stereocenters. The summed E-state index contributed by atoms with van der Waals surface area (Å²) in [5.41, 5.74) is 7.07. The number of aromatic nitrogens is 8. The molecular formula is C48H29F8N9O3. The lowest BCUT2D eigenvalue weighted by Gasteiger charge is -2.13. The molecule has 0 aliphatic carbocycles. The molecule has 0 saturated carbocycles. The zero-order valence-corrected chi connectivity index (χ0v) is 35.0. The molecule has 68 heavy (non-hydrogen) atoms. The summed E-state index contributed by atoms with van der Waals surface area (Å²) >= 11 is 0. The second-order valence-electron chi connectivity index (χ2n) is 15.1. The fourth-order valence-electron chi connectivity index (χ4n) is 8.10. The van der Waals surface area contributed by atoms with Gasteiger partial charge in [0.25, 0.3) is 18.8 Å². The number of aryl methyl sites for hydroxylation is 2. The average Bonchev–Trinajstić information content (AvgIpc) is 3.84. The van der Waals surface area contributed by atoms with Crippen molar-refractivity contribution in [1.29, 1.82) is 0 Å². The van der Waals surface area contributed by atoms with Crippen molar-refractivity contribution < 1.29 is 49.8 Å². The second kappa shape index (κ2) is 17.3. The third-order valence-electron chi connectivity index (χ3n) is 11.0. The fourth-order valence-corrected chi connectivity index (χ4v) is 8.10. The number of halogens is 8. The Morgan fingerprint density at radius 2 is 0.912 bits per heavy atom. The number of carboxylic acid groups (broad SMARTS) is 1. The largest absolute Gasteiger partial charge is 0.478 e. The first-order valence-corrected chi connectivity index (χ1v) is 20.1. The quantitative estimate of drug-likeness (QED) is 0.141. The van der Waals surface area contributed by atoms with Gasteiger partial charge < -0.3 is 10.8 Å². The van der Waals surface area contributed by atoms with Gasteiger partial charge in [0.2, 0.25) is 0 Å². The van der Waals surface area contributed by atoms with Crippen LogP contribution in [0.2, 0.25) is 0 Å². The minimum Gasteiger partial charge on any atom is -0.478 e. The van der Waals surface area contributed by atoms with Crippen LogP contribution in [-0.4, -0.2) is 56.0 Å². The number of imidazole rings is 2. The number of amides is 1. The maximum atomic E-state index is 14.8. The van der Waals surface area contributed by atoms with Gasteiger partial charge in [-0.05, 0) is 121 Å². The number of alkyl halides is 4. The van der Waals surface area contributed by atoms with E-state index in [-0.39, 0.29) is 60.9 Å². The van der Waals surface area contributed by atoms with Crippen LogP contribution in [0.5, 0.6) is 0 Å². The summed E-state index contributed by atoms with van der Waals surface area (Å²) in [5.74, 6) is -4.21. The number of primary amides is 1. The number of carbonyl (C=O) groups is 2. The molecule has 10 aromatic rings. The number of carboxylic acids is 1. The molecule has 6 aromatic heterocycles. The molecule has 0 spiro atoms. The predicted octanol–water partition coefficient (Wildman–Crippen LogP) is 11.1. The van der Waals surface area contributed by atoms with Gasteiger partial charge in [0.15, 0.2) is 0 Å². The van der Waals surface area contributed by atoms with Crippen molar-refractivity contribution in [1.82, 2.24) is 39.0 Å². The van der Waals surface area contributed by atoms with Crippen LogP contribution in [0.25, 0.3) is 77.5 Å². The number of hydrogen-bond donors (Lipinski definition) is 2. The van der Waals surface area contributed by atoms with Gasteiger partial charge in [0.05, 0.1) is 44.3 Å². The normalized spacial score (nSPS) is 11.6. The lowest BCUT2D eigenvalue weighted by atomic mass is 10.0. The van der Waals surface area contributed by atoms with Gasteiger partial charge >= 0.3 is 5.97 Å². The van der Waals surface area contributed by atoms with E-state index in [9.17, 15) is 49.8 Å². The van der Waals surface area contributed by atoms with Crippen LogP contribution in [0.15, 0.2) is 110 Å². The smallest absolute Gasteiger partial charge is 0.337 e. The van der Waals surface area contributed by atoms with Crippen LogP contribution >= 0.6 is 0 Å². The van der Waals surface area contributed by atoms with Gasteiger partial charge in [-0.3, -0.25) is 33.9 Å². The highest BCUT2D eigenvalue weighted by Crippen LogP contribution is 2.37. The molecule has 0 radical (unpaired) electrons. The molecule has 0 aliphatic heterocycles. The standard InChI is InChI=1S/C24H15F4N5O.C24H14F4N4O2/c1-11-32-21-14(24(29)34)8-13(12-4-6-30-17(9-12)23(27)28)10-19(21)33(11)18-5-7-31-22-16(26)3-2-15(25)20(18)22;1-11-31-21-14(24(33)34)8-13(12-4-6-29-17(9-12)23(27)28)10-19(21)32(11)18-5-7-30-22-16(26)3-2-15(25)20(18)22/h2-10,23H,1H3,(H2,29,34);2-10,23H,1H3,(H,33,34). The van der Waals surface area contributed by atoms with Gasteiger partial charge in [-0.25, -0.2) is 49.9 Å². The van der Waals surface area contributed by atoms with Gasteiger partial charge in [-0.1, -0.05) is 0 Å². The molecule has 3 N–H and O–H groups in total. The molecule has 1 amide bonds. The number of carbonyl (C=O) groups excluding carboxylic acids is 1. The van der Waals surface area contributed by atoms with Crippen molar-refractivity contribution in [2.45, 2.75) is 26.7 Å².